The Hall–Kier alpha value is -1.40. The van der Waals surface area contributed by atoms with Crippen LogP contribution in [-0.4, -0.2) is 50.5 Å². The first-order valence-electron chi connectivity index (χ1n) is 6.07. The Morgan fingerprint density at radius 1 is 1.17 bits per heavy atom. The zero-order valence-electron chi connectivity index (χ0n) is 11.3. The number of hydrogen-bond donors (Lipinski definition) is 1. The number of anilines is 2. The number of hydrogen-bond acceptors (Lipinski definition) is 6. The second-order valence-corrected chi connectivity index (χ2v) is 3.89. The molecule has 0 atom stereocenters. The van der Waals surface area contributed by atoms with E-state index in [1.54, 1.807) is 20.3 Å². The highest BCUT2D eigenvalue weighted by molar-refractivity contribution is 5.47. The van der Waals surface area contributed by atoms with Gasteiger partial charge in [-0.15, -0.1) is 0 Å². The lowest BCUT2D eigenvalue weighted by atomic mass is 10.4. The molecule has 1 heterocycles. The van der Waals surface area contributed by atoms with E-state index in [9.17, 15) is 0 Å². The predicted octanol–water partition coefficient (Wildman–Crippen LogP) is 0.720. The van der Waals surface area contributed by atoms with Gasteiger partial charge in [0, 0.05) is 39.8 Å². The quantitative estimate of drug-likeness (QED) is 0.737. The zero-order chi connectivity index (χ0) is 13.4. The minimum Gasteiger partial charge on any atom is -0.384 e. The summed E-state index contributed by atoms with van der Waals surface area (Å²) in [5, 5.41) is 0. The summed E-state index contributed by atoms with van der Waals surface area (Å²) < 4.78 is 10.2. The number of aromatic nitrogens is 2. The summed E-state index contributed by atoms with van der Waals surface area (Å²) in [4.78, 5) is 10.7. The number of nitrogens with zero attached hydrogens (tertiary/aromatic N) is 3. The van der Waals surface area contributed by atoms with Crippen molar-refractivity contribution < 1.29 is 9.47 Å². The van der Waals surface area contributed by atoms with Crippen LogP contribution < -0.4 is 10.6 Å². The van der Waals surface area contributed by atoms with E-state index in [1.165, 1.54) is 0 Å². The van der Waals surface area contributed by atoms with Gasteiger partial charge in [-0.25, -0.2) is 9.97 Å². The van der Waals surface area contributed by atoms with Crippen molar-refractivity contribution in [3.8, 4) is 0 Å². The molecule has 0 aliphatic carbocycles. The number of nitrogen functional groups attached to an aromatic ring is 1. The predicted molar refractivity (Wildman–Crippen MR) is 71.8 cm³/mol. The Bertz CT molecular complexity index is 352. The molecule has 0 unspecified atom stereocenters. The topological polar surface area (TPSA) is 73.5 Å². The summed E-state index contributed by atoms with van der Waals surface area (Å²) in [7, 11) is 3.36. The molecule has 0 radical (unpaired) electrons. The van der Waals surface area contributed by atoms with Gasteiger partial charge < -0.3 is 20.1 Å². The molecule has 0 fully saturated rings. The van der Waals surface area contributed by atoms with Gasteiger partial charge in [0.05, 0.1) is 13.2 Å². The minimum atomic E-state index is 0.497. The van der Waals surface area contributed by atoms with Crippen molar-refractivity contribution in [1.82, 2.24) is 9.97 Å². The zero-order valence-corrected chi connectivity index (χ0v) is 11.3. The average molecular weight is 254 g/mol. The van der Waals surface area contributed by atoms with Crippen molar-refractivity contribution in [3.63, 3.8) is 0 Å². The van der Waals surface area contributed by atoms with Gasteiger partial charge in [0.2, 0.25) is 0 Å². The first-order valence-corrected chi connectivity index (χ1v) is 6.07. The molecule has 1 aromatic heterocycles. The molecule has 1 rings (SSSR count). The Kier molecular flexibility index (Phi) is 6.38. The van der Waals surface area contributed by atoms with Crippen LogP contribution in [0.4, 0.5) is 11.6 Å². The van der Waals surface area contributed by atoms with Crippen LogP contribution >= 0.6 is 0 Å². The summed E-state index contributed by atoms with van der Waals surface area (Å²) in [6.45, 7) is 4.77. The summed E-state index contributed by atoms with van der Waals surface area (Å²) >= 11 is 0. The Morgan fingerprint density at radius 3 is 2.28 bits per heavy atom. The summed E-state index contributed by atoms with van der Waals surface area (Å²) in [6.07, 6.45) is 0.764. The first kappa shape index (κ1) is 14.7. The van der Waals surface area contributed by atoms with Crippen LogP contribution in [0.15, 0.2) is 6.07 Å². The molecular weight excluding hydrogens is 232 g/mol. The number of methoxy groups -OCH3 is 2. The van der Waals surface area contributed by atoms with Gasteiger partial charge in [-0.3, -0.25) is 0 Å². The van der Waals surface area contributed by atoms with Crippen LogP contribution in [0.3, 0.4) is 0 Å². The maximum absolute atomic E-state index is 5.79. The fourth-order valence-corrected chi connectivity index (χ4v) is 1.57. The normalized spacial score (nSPS) is 10.6. The van der Waals surface area contributed by atoms with Gasteiger partial charge in [0.25, 0.3) is 0 Å². The minimum absolute atomic E-state index is 0.497. The highest BCUT2D eigenvalue weighted by Gasteiger charge is 2.10. The highest BCUT2D eigenvalue weighted by Crippen LogP contribution is 2.14. The van der Waals surface area contributed by atoms with E-state index in [0.717, 1.165) is 31.2 Å². The van der Waals surface area contributed by atoms with E-state index >= 15 is 0 Å². The van der Waals surface area contributed by atoms with E-state index in [1.807, 2.05) is 6.92 Å². The lowest BCUT2D eigenvalue weighted by Crippen LogP contribution is -2.31. The van der Waals surface area contributed by atoms with Crippen LogP contribution in [0, 0.1) is 0 Å². The molecule has 6 nitrogen and oxygen atoms in total. The maximum Gasteiger partial charge on any atom is 0.134 e. The molecule has 0 aliphatic rings. The lowest BCUT2D eigenvalue weighted by Gasteiger charge is -2.23. The SMILES string of the molecule is CCc1nc(N)cc(N(CCOC)CCOC)n1. The molecule has 2 N–H and O–H groups in total. The van der Waals surface area contributed by atoms with Crippen molar-refractivity contribution in [3.05, 3.63) is 11.9 Å². The molecule has 102 valence electrons. The summed E-state index contributed by atoms with van der Waals surface area (Å²) in [6, 6.07) is 1.78. The molecule has 1 aromatic rings. The molecule has 0 saturated carbocycles. The molecule has 0 aliphatic heterocycles. The van der Waals surface area contributed by atoms with Crippen molar-refractivity contribution in [2.75, 3.05) is 51.2 Å². The molecule has 0 bridgehead atoms. The molecule has 0 aromatic carbocycles. The van der Waals surface area contributed by atoms with Crippen LogP contribution in [-0.2, 0) is 15.9 Å². The third-order valence-corrected chi connectivity index (χ3v) is 2.55. The number of ether oxygens (including phenoxy) is 2. The Labute approximate surface area is 108 Å². The monoisotopic (exact) mass is 254 g/mol. The van der Waals surface area contributed by atoms with Gasteiger partial charge in [0.1, 0.15) is 17.5 Å². The van der Waals surface area contributed by atoms with E-state index < -0.39 is 0 Å². The fourth-order valence-electron chi connectivity index (χ4n) is 1.57. The van der Waals surface area contributed by atoms with Crippen LogP contribution in [0.25, 0.3) is 0 Å². The average Bonchev–Trinajstić information content (AvgIpc) is 2.38. The van der Waals surface area contributed by atoms with Crippen LogP contribution in [0.2, 0.25) is 0 Å². The van der Waals surface area contributed by atoms with Gasteiger partial charge in [-0.1, -0.05) is 6.92 Å². The molecule has 0 spiro atoms. The second-order valence-electron chi connectivity index (χ2n) is 3.89. The maximum atomic E-state index is 5.79. The van der Waals surface area contributed by atoms with Crippen molar-refractivity contribution >= 4 is 11.6 Å². The molecular formula is C12H22N4O2. The van der Waals surface area contributed by atoms with Crippen molar-refractivity contribution in [1.29, 1.82) is 0 Å². The molecule has 0 amide bonds. The van der Waals surface area contributed by atoms with Crippen molar-refractivity contribution in [2.45, 2.75) is 13.3 Å². The molecule has 0 saturated heterocycles. The highest BCUT2D eigenvalue weighted by atomic mass is 16.5. The fraction of sp³-hybridized carbons (Fsp3) is 0.667. The first-order chi connectivity index (χ1) is 8.71. The standard InChI is InChI=1S/C12H22N4O2/c1-4-11-14-10(13)9-12(15-11)16(5-7-17-2)6-8-18-3/h9H,4-8H2,1-3H3,(H2,13,14,15). The van der Waals surface area contributed by atoms with Crippen LogP contribution in [0.5, 0.6) is 0 Å². The largest absolute Gasteiger partial charge is 0.384 e. The van der Waals surface area contributed by atoms with Crippen LogP contribution in [0.1, 0.15) is 12.7 Å². The Balaban J connectivity index is 2.84. The third kappa shape index (κ3) is 4.46. The van der Waals surface area contributed by atoms with E-state index in [-0.39, 0.29) is 0 Å². The number of nitrogens with two attached hydrogens (primary N) is 1. The number of aryl methyl sites for hydroxylation is 1. The third-order valence-electron chi connectivity index (χ3n) is 2.55. The Morgan fingerprint density at radius 2 is 1.78 bits per heavy atom. The van der Waals surface area contributed by atoms with E-state index in [2.05, 4.69) is 14.9 Å². The van der Waals surface area contributed by atoms with Gasteiger partial charge in [0.15, 0.2) is 0 Å². The van der Waals surface area contributed by atoms with Gasteiger partial charge >= 0.3 is 0 Å². The molecule has 18 heavy (non-hydrogen) atoms. The van der Waals surface area contributed by atoms with Crippen molar-refractivity contribution in [2.24, 2.45) is 0 Å². The number of rotatable bonds is 8. The lowest BCUT2D eigenvalue weighted by molar-refractivity contribution is 0.190. The van der Waals surface area contributed by atoms with E-state index in [4.69, 9.17) is 15.2 Å². The summed E-state index contributed by atoms with van der Waals surface area (Å²) in [5.74, 6) is 2.08. The van der Waals surface area contributed by atoms with Gasteiger partial charge in [-0.05, 0) is 0 Å². The molecule has 6 heteroatoms. The van der Waals surface area contributed by atoms with E-state index in [0.29, 0.717) is 19.0 Å². The second kappa shape index (κ2) is 7.84. The summed E-state index contributed by atoms with van der Waals surface area (Å²) in [5.41, 5.74) is 5.79. The smallest absolute Gasteiger partial charge is 0.134 e. The van der Waals surface area contributed by atoms with Gasteiger partial charge in [-0.2, -0.15) is 0 Å².